The molecule has 1 aliphatic rings. The lowest BCUT2D eigenvalue weighted by molar-refractivity contribution is -0.0560. The molecule has 4 heteroatoms. The van der Waals surface area contributed by atoms with E-state index in [4.69, 9.17) is 9.47 Å². The number of para-hydroxylation sites is 1. The van der Waals surface area contributed by atoms with Crippen LogP contribution in [0.4, 0.5) is 4.79 Å². The zero-order valence-electron chi connectivity index (χ0n) is 15.0. The van der Waals surface area contributed by atoms with Crippen LogP contribution in [0.1, 0.15) is 65.2 Å². The predicted molar refractivity (Wildman–Crippen MR) is 95.3 cm³/mol. The van der Waals surface area contributed by atoms with Gasteiger partial charge in [-0.1, -0.05) is 25.1 Å². The van der Waals surface area contributed by atoms with E-state index in [2.05, 4.69) is 13.0 Å². The van der Waals surface area contributed by atoms with E-state index in [9.17, 15) is 4.79 Å². The Morgan fingerprint density at radius 1 is 1.29 bits per heavy atom. The summed E-state index contributed by atoms with van der Waals surface area (Å²) in [4.78, 5) is 12.8. The van der Waals surface area contributed by atoms with Gasteiger partial charge in [-0.15, -0.1) is 0 Å². The van der Waals surface area contributed by atoms with E-state index in [0.717, 1.165) is 42.3 Å². The first-order valence-electron chi connectivity index (χ1n) is 8.88. The van der Waals surface area contributed by atoms with Crippen LogP contribution in [0.15, 0.2) is 30.3 Å². The Morgan fingerprint density at radius 3 is 2.75 bits per heavy atom. The fraction of sp³-hybridized carbons (Fsp3) is 0.550. The molecule has 0 spiro atoms. The van der Waals surface area contributed by atoms with Crippen LogP contribution in [0.5, 0.6) is 0 Å². The number of benzene rings is 1. The molecule has 1 fully saturated rings. The zero-order valence-corrected chi connectivity index (χ0v) is 15.0. The average Bonchev–Trinajstić information content (AvgIpc) is 2.93. The van der Waals surface area contributed by atoms with Crippen LogP contribution in [-0.2, 0) is 9.47 Å². The summed E-state index contributed by atoms with van der Waals surface area (Å²) in [5, 5.41) is 1.04. The third kappa shape index (κ3) is 3.48. The zero-order chi connectivity index (χ0) is 17.3. The molecule has 0 bridgehead atoms. The molecule has 0 unspecified atom stereocenters. The van der Waals surface area contributed by atoms with Crippen molar-refractivity contribution in [3.05, 3.63) is 36.0 Å². The normalized spacial score (nSPS) is 21.8. The van der Waals surface area contributed by atoms with Crippen molar-refractivity contribution < 1.29 is 14.3 Å². The third-order valence-electron chi connectivity index (χ3n) is 4.45. The van der Waals surface area contributed by atoms with Gasteiger partial charge in [0.1, 0.15) is 5.60 Å². The summed E-state index contributed by atoms with van der Waals surface area (Å²) in [7, 11) is 0. The molecule has 0 N–H and O–H groups in total. The number of carbonyl (C=O) groups excluding carboxylic acids is 1. The molecule has 0 saturated carbocycles. The molecule has 24 heavy (non-hydrogen) atoms. The van der Waals surface area contributed by atoms with Gasteiger partial charge in [0.2, 0.25) is 0 Å². The van der Waals surface area contributed by atoms with Crippen LogP contribution in [0.25, 0.3) is 10.9 Å². The molecule has 1 aromatic carbocycles. The van der Waals surface area contributed by atoms with E-state index in [1.54, 1.807) is 4.57 Å². The molecule has 0 amide bonds. The highest BCUT2D eigenvalue weighted by molar-refractivity contribution is 5.91. The Bertz CT molecular complexity index is 726. The predicted octanol–water partition coefficient (Wildman–Crippen LogP) is 5.44. The molecule has 1 aliphatic heterocycles. The van der Waals surface area contributed by atoms with E-state index in [0.29, 0.717) is 0 Å². The highest BCUT2D eigenvalue weighted by Crippen LogP contribution is 2.35. The monoisotopic (exact) mass is 329 g/mol. The van der Waals surface area contributed by atoms with Gasteiger partial charge in [-0.25, -0.2) is 9.36 Å². The van der Waals surface area contributed by atoms with Crippen LogP contribution in [0.2, 0.25) is 0 Å². The number of hydrogen-bond acceptors (Lipinski definition) is 3. The summed E-state index contributed by atoms with van der Waals surface area (Å²) >= 11 is 0. The molecule has 2 heterocycles. The van der Waals surface area contributed by atoms with Crippen molar-refractivity contribution in [3.8, 4) is 0 Å². The molecule has 4 nitrogen and oxygen atoms in total. The first-order chi connectivity index (χ1) is 11.4. The van der Waals surface area contributed by atoms with Gasteiger partial charge >= 0.3 is 6.09 Å². The second-order valence-electron chi connectivity index (χ2n) is 7.53. The maximum Gasteiger partial charge on any atom is 0.419 e. The topological polar surface area (TPSA) is 40.5 Å². The SMILES string of the molecule is CC[C@H]1CCC[C@@H](c2cc3ccccc3n2C(=O)OC(C)(C)C)O1. The summed E-state index contributed by atoms with van der Waals surface area (Å²) < 4.78 is 13.6. The lowest BCUT2D eigenvalue weighted by Crippen LogP contribution is -2.30. The number of aromatic nitrogens is 1. The van der Waals surface area contributed by atoms with Gasteiger partial charge in [-0.05, 0) is 58.6 Å². The Balaban J connectivity index is 2.03. The van der Waals surface area contributed by atoms with Crippen LogP contribution in [-0.4, -0.2) is 22.4 Å². The van der Waals surface area contributed by atoms with E-state index in [1.807, 2.05) is 45.0 Å². The number of ether oxygens (including phenoxy) is 2. The van der Waals surface area contributed by atoms with Crippen LogP contribution < -0.4 is 0 Å². The quantitative estimate of drug-likeness (QED) is 0.736. The van der Waals surface area contributed by atoms with Crippen molar-refractivity contribution in [1.82, 2.24) is 4.57 Å². The Hall–Kier alpha value is -1.81. The number of hydrogen-bond donors (Lipinski definition) is 0. The van der Waals surface area contributed by atoms with E-state index in [1.165, 1.54) is 0 Å². The first kappa shape index (κ1) is 17.0. The highest BCUT2D eigenvalue weighted by Gasteiger charge is 2.29. The van der Waals surface area contributed by atoms with Crippen LogP contribution in [0, 0.1) is 0 Å². The molecule has 130 valence electrons. The first-order valence-corrected chi connectivity index (χ1v) is 8.88. The molecular weight excluding hydrogens is 302 g/mol. The Kier molecular flexibility index (Phi) is 4.68. The fourth-order valence-electron chi connectivity index (χ4n) is 3.34. The summed E-state index contributed by atoms with van der Waals surface area (Å²) in [6.07, 6.45) is 4.05. The van der Waals surface area contributed by atoms with E-state index < -0.39 is 5.60 Å². The maximum atomic E-state index is 12.8. The van der Waals surface area contributed by atoms with E-state index in [-0.39, 0.29) is 18.3 Å². The van der Waals surface area contributed by atoms with Crippen molar-refractivity contribution in [2.75, 3.05) is 0 Å². The summed E-state index contributed by atoms with van der Waals surface area (Å²) in [5.74, 6) is 0. The number of nitrogens with zero attached hydrogens (tertiary/aromatic N) is 1. The lowest BCUT2D eigenvalue weighted by atomic mass is 10.0. The Labute approximate surface area is 143 Å². The van der Waals surface area contributed by atoms with Crippen molar-refractivity contribution in [2.45, 2.75) is 71.2 Å². The summed E-state index contributed by atoms with van der Waals surface area (Å²) in [5.41, 5.74) is 1.26. The maximum absolute atomic E-state index is 12.8. The number of carbonyl (C=O) groups is 1. The number of fused-ring (bicyclic) bond motifs is 1. The average molecular weight is 329 g/mol. The molecule has 0 aliphatic carbocycles. The minimum absolute atomic E-state index is 0.0522. The van der Waals surface area contributed by atoms with Crippen LogP contribution in [0.3, 0.4) is 0 Å². The molecule has 1 aromatic heterocycles. The molecular formula is C20H27NO3. The second kappa shape index (κ2) is 6.60. The number of rotatable bonds is 2. The standard InChI is InChI=1S/C20H27NO3/c1-5-15-10-8-12-18(23-15)17-13-14-9-6-7-11-16(14)21(17)19(22)24-20(2,3)4/h6-7,9,11,13,15,18H,5,8,10,12H2,1-4H3/t15-,18-/m0/s1. The second-order valence-corrected chi connectivity index (χ2v) is 7.53. The van der Waals surface area contributed by atoms with Gasteiger partial charge in [0.15, 0.2) is 0 Å². The largest absolute Gasteiger partial charge is 0.443 e. The molecule has 0 radical (unpaired) electrons. The minimum Gasteiger partial charge on any atom is -0.443 e. The van der Waals surface area contributed by atoms with Crippen molar-refractivity contribution in [2.24, 2.45) is 0 Å². The van der Waals surface area contributed by atoms with Gasteiger partial charge in [0.25, 0.3) is 0 Å². The molecule has 3 rings (SSSR count). The fourth-order valence-corrected chi connectivity index (χ4v) is 3.34. The molecule has 1 saturated heterocycles. The van der Waals surface area contributed by atoms with Gasteiger partial charge in [0, 0.05) is 5.39 Å². The van der Waals surface area contributed by atoms with E-state index >= 15 is 0 Å². The smallest absolute Gasteiger partial charge is 0.419 e. The minimum atomic E-state index is -0.529. The lowest BCUT2D eigenvalue weighted by Gasteiger charge is -2.30. The van der Waals surface area contributed by atoms with Gasteiger partial charge in [0.05, 0.1) is 23.4 Å². The summed E-state index contributed by atoms with van der Waals surface area (Å²) in [6.45, 7) is 7.82. The Morgan fingerprint density at radius 2 is 2.04 bits per heavy atom. The van der Waals surface area contributed by atoms with Crippen molar-refractivity contribution in [1.29, 1.82) is 0 Å². The van der Waals surface area contributed by atoms with Crippen molar-refractivity contribution in [3.63, 3.8) is 0 Å². The van der Waals surface area contributed by atoms with Gasteiger partial charge < -0.3 is 9.47 Å². The highest BCUT2D eigenvalue weighted by atomic mass is 16.6. The van der Waals surface area contributed by atoms with Crippen LogP contribution >= 0.6 is 0 Å². The van der Waals surface area contributed by atoms with Crippen molar-refractivity contribution >= 4 is 17.0 Å². The molecule has 2 atom stereocenters. The molecule has 2 aromatic rings. The van der Waals surface area contributed by atoms with Gasteiger partial charge in [-0.3, -0.25) is 0 Å². The third-order valence-corrected chi connectivity index (χ3v) is 4.45. The summed E-state index contributed by atoms with van der Waals surface area (Å²) in [6, 6.07) is 10.00. The van der Waals surface area contributed by atoms with Gasteiger partial charge in [-0.2, -0.15) is 0 Å².